The van der Waals surface area contributed by atoms with Crippen molar-refractivity contribution in [2.75, 3.05) is 13.2 Å². The highest BCUT2D eigenvalue weighted by Gasteiger charge is 2.47. The number of aliphatic hydroxyl groups excluding tert-OH is 1. The predicted octanol–water partition coefficient (Wildman–Crippen LogP) is 1.95. The first-order valence-electron chi connectivity index (χ1n) is 8.29. The molecule has 3 N–H and O–H groups in total. The standard InChI is InChI=1S/C16H25N3O2S/c1-2-14-18-12(9-22-14)5-6-17-16(21)19-15-11-4-3-10(7-11)13(15)8-20/h9-11,13,15,20H,2-8H2,1H3,(H2,17,19,21). The van der Waals surface area contributed by atoms with Crippen LogP contribution in [-0.2, 0) is 12.8 Å². The van der Waals surface area contributed by atoms with Crippen LogP contribution >= 0.6 is 11.3 Å². The van der Waals surface area contributed by atoms with Crippen molar-refractivity contribution in [1.29, 1.82) is 0 Å². The Morgan fingerprint density at radius 3 is 3.00 bits per heavy atom. The van der Waals surface area contributed by atoms with Gasteiger partial charge in [-0.15, -0.1) is 11.3 Å². The van der Waals surface area contributed by atoms with Gasteiger partial charge in [-0.25, -0.2) is 9.78 Å². The summed E-state index contributed by atoms with van der Waals surface area (Å²) in [4.78, 5) is 16.6. The third-order valence-corrected chi connectivity index (χ3v) is 6.21. The molecule has 0 aromatic carbocycles. The van der Waals surface area contributed by atoms with E-state index >= 15 is 0 Å². The molecule has 2 aliphatic rings. The highest BCUT2D eigenvalue weighted by molar-refractivity contribution is 7.09. The van der Waals surface area contributed by atoms with Crippen LogP contribution in [0.5, 0.6) is 0 Å². The van der Waals surface area contributed by atoms with Crippen LogP contribution in [0.1, 0.15) is 36.9 Å². The second kappa shape index (κ2) is 6.96. The molecule has 22 heavy (non-hydrogen) atoms. The van der Waals surface area contributed by atoms with Crippen molar-refractivity contribution in [1.82, 2.24) is 15.6 Å². The summed E-state index contributed by atoms with van der Waals surface area (Å²) in [5, 5.41) is 18.8. The van der Waals surface area contributed by atoms with E-state index < -0.39 is 0 Å². The number of thiazole rings is 1. The van der Waals surface area contributed by atoms with E-state index in [1.807, 2.05) is 0 Å². The van der Waals surface area contributed by atoms with Gasteiger partial charge in [0.25, 0.3) is 0 Å². The minimum Gasteiger partial charge on any atom is -0.396 e. The van der Waals surface area contributed by atoms with Crippen LogP contribution in [0.25, 0.3) is 0 Å². The summed E-state index contributed by atoms with van der Waals surface area (Å²) < 4.78 is 0. The summed E-state index contributed by atoms with van der Waals surface area (Å²) in [5.74, 6) is 1.40. The van der Waals surface area contributed by atoms with E-state index in [0.717, 1.165) is 30.0 Å². The molecule has 4 unspecified atom stereocenters. The van der Waals surface area contributed by atoms with Gasteiger partial charge in [-0.3, -0.25) is 0 Å². The molecule has 2 aliphatic carbocycles. The molecule has 6 heteroatoms. The largest absolute Gasteiger partial charge is 0.396 e. The molecule has 2 bridgehead atoms. The third-order valence-electron chi connectivity index (χ3n) is 5.17. The summed E-state index contributed by atoms with van der Waals surface area (Å²) >= 11 is 1.68. The van der Waals surface area contributed by atoms with Gasteiger partial charge in [0.05, 0.1) is 10.7 Å². The number of urea groups is 1. The van der Waals surface area contributed by atoms with Gasteiger partial charge in [0.1, 0.15) is 0 Å². The van der Waals surface area contributed by atoms with E-state index in [1.54, 1.807) is 11.3 Å². The second-order valence-corrected chi connectivity index (χ2v) is 7.38. The van der Waals surface area contributed by atoms with E-state index in [-0.39, 0.29) is 24.6 Å². The average Bonchev–Trinajstić information content (AvgIpc) is 3.22. The molecule has 0 aliphatic heterocycles. The lowest BCUT2D eigenvalue weighted by atomic mass is 9.85. The summed E-state index contributed by atoms with van der Waals surface area (Å²) in [5.41, 5.74) is 1.05. The van der Waals surface area contributed by atoms with Crippen molar-refractivity contribution in [3.63, 3.8) is 0 Å². The van der Waals surface area contributed by atoms with Crippen LogP contribution in [0.4, 0.5) is 4.79 Å². The number of aliphatic hydroxyl groups is 1. The molecule has 2 saturated carbocycles. The van der Waals surface area contributed by atoms with E-state index in [1.165, 1.54) is 12.8 Å². The highest BCUT2D eigenvalue weighted by Crippen LogP contribution is 2.48. The molecular formula is C16H25N3O2S. The monoisotopic (exact) mass is 323 g/mol. The Hall–Kier alpha value is -1.14. The zero-order chi connectivity index (χ0) is 15.5. The SMILES string of the molecule is CCc1nc(CCNC(=O)NC2C3CCC(C3)C2CO)cs1. The molecule has 1 aromatic rings. The highest BCUT2D eigenvalue weighted by atomic mass is 32.1. The molecule has 2 amide bonds. The number of hydrogen-bond donors (Lipinski definition) is 3. The normalized spacial score (nSPS) is 29.7. The maximum absolute atomic E-state index is 12.1. The Kier molecular flexibility index (Phi) is 4.98. The van der Waals surface area contributed by atoms with Gasteiger partial charge in [-0.1, -0.05) is 6.92 Å². The first-order chi connectivity index (χ1) is 10.7. The molecule has 1 heterocycles. The molecule has 5 nitrogen and oxygen atoms in total. The first kappa shape index (κ1) is 15.7. The summed E-state index contributed by atoms with van der Waals surface area (Å²) in [6, 6.07) is 0.0386. The van der Waals surface area contributed by atoms with Gasteiger partial charge in [0.2, 0.25) is 0 Å². The van der Waals surface area contributed by atoms with E-state index in [9.17, 15) is 9.90 Å². The van der Waals surface area contributed by atoms with Crippen molar-refractivity contribution >= 4 is 17.4 Å². The van der Waals surface area contributed by atoms with Crippen molar-refractivity contribution in [3.8, 4) is 0 Å². The molecule has 122 valence electrons. The van der Waals surface area contributed by atoms with Crippen LogP contribution in [0.2, 0.25) is 0 Å². The van der Waals surface area contributed by atoms with Gasteiger partial charge in [-0.05, 0) is 37.5 Å². The summed E-state index contributed by atoms with van der Waals surface area (Å²) in [7, 11) is 0. The molecule has 1 aromatic heterocycles. The first-order valence-corrected chi connectivity index (χ1v) is 9.17. The smallest absolute Gasteiger partial charge is 0.315 e. The van der Waals surface area contributed by atoms with E-state index in [4.69, 9.17) is 0 Å². The maximum Gasteiger partial charge on any atom is 0.315 e. The molecular weight excluding hydrogens is 298 g/mol. The quantitative estimate of drug-likeness (QED) is 0.749. The Labute approximate surface area is 135 Å². The zero-order valence-electron chi connectivity index (χ0n) is 13.0. The number of aryl methyl sites for hydroxylation is 1. The fraction of sp³-hybridized carbons (Fsp3) is 0.750. The Bertz CT molecular complexity index is 519. The lowest BCUT2D eigenvalue weighted by Crippen LogP contribution is -2.49. The Balaban J connectivity index is 1.42. The van der Waals surface area contributed by atoms with Gasteiger partial charge >= 0.3 is 6.03 Å². The molecule has 0 saturated heterocycles. The van der Waals surface area contributed by atoms with Crippen molar-refractivity contribution in [3.05, 3.63) is 16.1 Å². The van der Waals surface area contributed by atoms with Crippen LogP contribution in [0, 0.1) is 17.8 Å². The van der Waals surface area contributed by atoms with E-state index in [0.29, 0.717) is 18.4 Å². The lowest BCUT2D eigenvalue weighted by Gasteiger charge is -2.30. The zero-order valence-corrected chi connectivity index (χ0v) is 13.9. The number of hydrogen-bond acceptors (Lipinski definition) is 4. The van der Waals surface area contributed by atoms with Crippen molar-refractivity contribution in [2.45, 2.75) is 45.1 Å². The second-order valence-electron chi connectivity index (χ2n) is 6.44. The Morgan fingerprint density at radius 1 is 1.45 bits per heavy atom. The number of nitrogens with zero attached hydrogens (tertiary/aromatic N) is 1. The van der Waals surface area contributed by atoms with Crippen molar-refractivity contribution in [2.24, 2.45) is 17.8 Å². The topological polar surface area (TPSA) is 74.2 Å². The molecule has 0 spiro atoms. The van der Waals surface area contributed by atoms with Crippen LogP contribution in [-0.4, -0.2) is 35.3 Å². The van der Waals surface area contributed by atoms with Gasteiger partial charge < -0.3 is 15.7 Å². The molecule has 2 fully saturated rings. The van der Waals surface area contributed by atoms with Crippen LogP contribution in [0.15, 0.2) is 5.38 Å². The minimum atomic E-state index is -0.109. The molecule has 0 radical (unpaired) electrons. The number of carbonyl (C=O) groups is 1. The number of nitrogens with one attached hydrogen (secondary N) is 2. The minimum absolute atomic E-state index is 0.109. The van der Waals surface area contributed by atoms with Gasteiger partial charge in [0.15, 0.2) is 0 Å². The molecule has 4 atom stereocenters. The number of fused-ring (bicyclic) bond motifs is 2. The van der Waals surface area contributed by atoms with Crippen LogP contribution < -0.4 is 10.6 Å². The van der Waals surface area contributed by atoms with Gasteiger partial charge in [0, 0.05) is 36.9 Å². The number of amides is 2. The number of aromatic nitrogens is 1. The number of carbonyl (C=O) groups excluding carboxylic acids is 1. The average molecular weight is 323 g/mol. The van der Waals surface area contributed by atoms with E-state index in [2.05, 4.69) is 27.9 Å². The third kappa shape index (κ3) is 3.27. The van der Waals surface area contributed by atoms with Crippen molar-refractivity contribution < 1.29 is 9.90 Å². The van der Waals surface area contributed by atoms with Gasteiger partial charge in [-0.2, -0.15) is 0 Å². The fourth-order valence-corrected chi connectivity index (χ4v) is 4.81. The Morgan fingerprint density at radius 2 is 2.27 bits per heavy atom. The fourth-order valence-electron chi connectivity index (χ4n) is 4.03. The maximum atomic E-state index is 12.1. The summed E-state index contributed by atoms with van der Waals surface area (Å²) in [6.45, 7) is 2.88. The van der Waals surface area contributed by atoms with Crippen LogP contribution in [0.3, 0.4) is 0 Å². The lowest BCUT2D eigenvalue weighted by molar-refractivity contribution is 0.144. The predicted molar refractivity (Wildman–Crippen MR) is 86.9 cm³/mol. The number of rotatable bonds is 6. The summed E-state index contributed by atoms with van der Waals surface area (Å²) in [6.07, 6.45) is 5.29. The molecule has 3 rings (SSSR count).